The molecule has 0 atom stereocenters. The van der Waals surface area contributed by atoms with Crippen LogP contribution >= 0.6 is 11.6 Å². The Bertz CT molecular complexity index is 1060. The van der Waals surface area contributed by atoms with Gasteiger partial charge >= 0.3 is 5.97 Å². The van der Waals surface area contributed by atoms with Gasteiger partial charge in [-0.3, -0.25) is 19.5 Å². The van der Waals surface area contributed by atoms with Gasteiger partial charge in [0, 0.05) is 22.6 Å². The molecular formula is C20H19ClN4O4. The van der Waals surface area contributed by atoms with E-state index in [-0.39, 0.29) is 18.7 Å². The molecule has 0 bridgehead atoms. The molecule has 3 rings (SSSR count). The number of rotatable bonds is 7. The van der Waals surface area contributed by atoms with Crippen molar-refractivity contribution in [2.24, 2.45) is 0 Å². The largest absolute Gasteiger partial charge is 0.456 e. The van der Waals surface area contributed by atoms with Crippen molar-refractivity contribution in [3.63, 3.8) is 0 Å². The van der Waals surface area contributed by atoms with E-state index in [2.05, 4.69) is 20.8 Å². The molecule has 150 valence electrons. The molecule has 0 unspecified atom stereocenters. The Labute approximate surface area is 171 Å². The third-order valence-corrected chi connectivity index (χ3v) is 4.62. The van der Waals surface area contributed by atoms with Crippen molar-refractivity contribution in [2.75, 3.05) is 18.5 Å². The van der Waals surface area contributed by atoms with Crippen molar-refractivity contribution in [3.05, 3.63) is 58.7 Å². The van der Waals surface area contributed by atoms with E-state index in [1.807, 2.05) is 18.2 Å². The predicted octanol–water partition coefficient (Wildman–Crippen LogP) is 2.83. The molecule has 3 N–H and O–H groups in total. The van der Waals surface area contributed by atoms with Gasteiger partial charge in [0.1, 0.15) is 0 Å². The summed E-state index contributed by atoms with van der Waals surface area (Å²) in [4.78, 5) is 35.9. The Hall–Kier alpha value is -3.39. The van der Waals surface area contributed by atoms with Crippen LogP contribution in [0.25, 0.3) is 10.9 Å². The Balaban J connectivity index is 1.41. The van der Waals surface area contributed by atoms with Crippen molar-refractivity contribution in [3.8, 4) is 0 Å². The zero-order valence-corrected chi connectivity index (χ0v) is 16.4. The van der Waals surface area contributed by atoms with Crippen LogP contribution in [-0.2, 0) is 14.3 Å². The summed E-state index contributed by atoms with van der Waals surface area (Å²) in [5.41, 5.74) is 2.28. The highest BCUT2D eigenvalue weighted by atomic mass is 35.5. The zero-order chi connectivity index (χ0) is 20.8. The number of ether oxygens (including phenoxy) is 1. The summed E-state index contributed by atoms with van der Waals surface area (Å²) in [5.74, 6) is -1.48. The summed E-state index contributed by atoms with van der Waals surface area (Å²) in [5, 5.41) is 13.2. The van der Waals surface area contributed by atoms with Crippen LogP contribution in [0.3, 0.4) is 0 Å². The van der Waals surface area contributed by atoms with Crippen LogP contribution in [0.15, 0.2) is 42.5 Å². The number of halogens is 1. The molecule has 0 saturated carbocycles. The molecule has 0 spiro atoms. The molecule has 2 amide bonds. The summed E-state index contributed by atoms with van der Waals surface area (Å²) < 4.78 is 4.93. The summed E-state index contributed by atoms with van der Waals surface area (Å²) >= 11 is 6.00. The Morgan fingerprint density at radius 2 is 1.93 bits per heavy atom. The van der Waals surface area contributed by atoms with Gasteiger partial charge in [-0.1, -0.05) is 35.9 Å². The SMILES string of the molecule is Cc1c(Cl)cccc1NC(=O)COC(=O)CCNC(=O)c1n[nH]c2ccccc12. The molecule has 0 aliphatic heterocycles. The van der Waals surface area contributed by atoms with E-state index in [4.69, 9.17) is 16.3 Å². The van der Waals surface area contributed by atoms with E-state index in [0.717, 1.165) is 11.1 Å². The van der Waals surface area contributed by atoms with Crippen molar-refractivity contribution in [2.45, 2.75) is 13.3 Å². The number of fused-ring (bicyclic) bond motifs is 1. The van der Waals surface area contributed by atoms with Gasteiger partial charge in [0.15, 0.2) is 12.3 Å². The molecular weight excluding hydrogens is 396 g/mol. The standard InChI is InChI=1S/C20H19ClN4O4/c1-12-14(21)6-4-8-15(12)23-17(26)11-29-18(27)9-10-22-20(28)19-13-5-2-3-7-16(13)24-25-19/h2-8H,9-11H2,1H3,(H,22,28)(H,23,26)(H,24,25). The van der Waals surface area contributed by atoms with Crippen LogP contribution in [0.4, 0.5) is 5.69 Å². The first-order chi connectivity index (χ1) is 14.0. The molecule has 29 heavy (non-hydrogen) atoms. The van der Waals surface area contributed by atoms with E-state index in [1.54, 1.807) is 31.2 Å². The van der Waals surface area contributed by atoms with Gasteiger partial charge in [-0.25, -0.2) is 0 Å². The minimum Gasteiger partial charge on any atom is -0.456 e. The maximum Gasteiger partial charge on any atom is 0.308 e. The number of aromatic nitrogens is 2. The molecule has 9 heteroatoms. The van der Waals surface area contributed by atoms with Crippen LogP contribution < -0.4 is 10.6 Å². The maximum atomic E-state index is 12.2. The van der Waals surface area contributed by atoms with Gasteiger partial charge in [0.05, 0.1) is 11.9 Å². The van der Waals surface area contributed by atoms with Gasteiger partial charge in [-0.2, -0.15) is 5.10 Å². The summed E-state index contributed by atoms with van der Waals surface area (Å²) in [7, 11) is 0. The predicted molar refractivity (Wildman–Crippen MR) is 109 cm³/mol. The number of nitrogens with one attached hydrogen (secondary N) is 3. The minimum atomic E-state index is -0.602. The topological polar surface area (TPSA) is 113 Å². The maximum absolute atomic E-state index is 12.2. The van der Waals surface area contributed by atoms with Gasteiger partial charge in [0.2, 0.25) is 0 Å². The quantitative estimate of drug-likeness (QED) is 0.514. The second kappa shape index (κ2) is 9.20. The molecule has 8 nitrogen and oxygen atoms in total. The third-order valence-electron chi connectivity index (χ3n) is 4.21. The van der Waals surface area contributed by atoms with Gasteiger partial charge in [-0.05, 0) is 30.7 Å². The molecule has 0 aliphatic rings. The monoisotopic (exact) mass is 414 g/mol. The van der Waals surface area contributed by atoms with E-state index < -0.39 is 24.4 Å². The van der Waals surface area contributed by atoms with E-state index in [9.17, 15) is 14.4 Å². The molecule has 0 fully saturated rings. The Morgan fingerprint density at radius 3 is 2.76 bits per heavy atom. The number of H-pyrrole nitrogens is 1. The van der Waals surface area contributed by atoms with Crippen molar-refractivity contribution in [1.82, 2.24) is 15.5 Å². The van der Waals surface area contributed by atoms with E-state index in [0.29, 0.717) is 16.1 Å². The van der Waals surface area contributed by atoms with E-state index >= 15 is 0 Å². The molecule has 2 aromatic carbocycles. The second-order valence-electron chi connectivity index (χ2n) is 6.24. The minimum absolute atomic E-state index is 0.0634. The summed E-state index contributed by atoms with van der Waals surface area (Å²) in [6.07, 6.45) is -0.0719. The van der Waals surface area contributed by atoms with Crippen molar-refractivity contribution < 1.29 is 19.1 Å². The molecule has 0 radical (unpaired) electrons. The fraction of sp³-hybridized carbons (Fsp3) is 0.200. The number of benzene rings is 2. The molecule has 3 aromatic rings. The van der Waals surface area contributed by atoms with Gasteiger partial charge < -0.3 is 15.4 Å². The zero-order valence-electron chi connectivity index (χ0n) is 15.6. The normalized spacial score (nSPS) is 10.6. The lowest BCUT2D eigenvalue weighted by Crippen LogP contribution is -2.28. The molecule has 0 saturated heterocycles. The lowest BCUT2D eigenvalue weighted by Gasteiger charge is -2.10. The van der Waals surface area contributed by atoms with Crippen LogP contribution in [0.2, 0.25) is 5.02 Å². The fourth-order valence-electron chi connectivity index (χ4n) is 2.65. The lowest BCUT2D eigenvalue weighted by molar-refractivity contribution is -0.147. The first-order valence-corrected chi connectivity index (χ1v) is 9.25. The first-order valence-electron chi connectivity index (χ1n) is 8.87. The lowest BCUT2D eigenvalue weighted by atomic mass is 10.2. The second-order valence-corrected chi connectivity index (χ2v) is 6.65. The molecule has 1 aromatic heterocycles. The van der Waals surface area contributed by atoms with E-state index in [1.165, 1.54) is 0 Å². The number of carbonyl (C=O) groups excluding carboxylic acids is 3. The number of hydrogen-bond donors (Lipinski definition) is 3. The highest BCUT2D eigenvalue weighted by molar-refractivity contribution is 6.31. The molecule has 1 heterocycles. The molecule has 0 aliphatic carbocycles. The number of amides is 2. The Kier molecular flexibility index (Phi) is 6.46. The number of carbonyl (C=O) groups is 3. The number of hydrogen-bond acceptors (Lipinski definition) is 5. The first kappa shape index (κ1) is 20.3. The number of aromatic amines is 1. The summed E-state index contributed by atoms with van der Waals surface area (Å²) in [6, 6.07) is 12.4. The number of esters is 1. The average molecular weight is 415 g/mol. The number of nitrogens with zero attached hydrogens (tertiary/aromatic N) is 1. The van der Waals surface area contributed by atoms with Crippen LogP contribution in [0.5, 0.6) is 0 Å². The van der Waals surface area contributed by atoms with Gasteiger partial charge in [0.25, 0.3) is 11.8 Å². The average Bonchev–Trinajstić information content (AvgIpc) is 3.14. The third kappa shape index (κ3) is 5.11. The van der Waals surface area contributed by atoms with Crippen molar-refractivity contribution in [1.29, 1.82) is 0 Å². The Morgan fingerprint density at radius 1 is 1.14 bits per heavy atom. The number of para-hydroxylation sites is 1. The highest BCUT2D eigenvalue weighted by Crippen LogP contribution is 2.22. The smallest absolute Gasteiger partial charge is 0.308 e. The van der Waals surface area contributed by atoms with Crippen LogP contribution in [0, 0.1) is 6.92 Å². The summed E-state index contributed by atoms with van der Waals surface area (Å²) in [6.45, 7) is 1.41. The van der Waals surface area contributed by atoms with Crippen molar-refractivity contribution >= 4 is 46.0 Å². The van der Waals surface area contributed by atoms with Crippen LogP contribution in [-0.4, -0.2) is 41.1 Å². The van der Waals surface area contributed by atoms with Crippen LogP contribution in [0.1, 0.15) is 22.5 Å². The highest BCUT2D eigenvalue weighted by Gasteiger charge is 2.14. The number of anilines is 1. The van der Waals surface area contributed by atoms with Gasteiger partial charge in [-0.15, -0.1) is 0 Å². The fourth-order valence-corrected chi connectivity index (χ4v) is 2.82.